The number of aryl methyl sites for hydroxylation is 1. The van der Waals surface area contributed by atoms with Crippen LogP contribution in [0.25, 0.3) is 10.6 Å². The van der Waals surface area contributed by atoms with Gasteiger partial charge in [0.1, 0.15) is 21.4 Å². The molecule has 1 aromatic carbocycles. The molecular formula is C15H11F4N3O2S2. The lowest BCUT2D eigenvalue weighted by atomic mass is 10.2. The van der Waals surface area contributed by atoms with E-state index in [9.17, 15) is 26.0 Å². The van der Waals surface area contributed by atoms with Crippen molar-refractivity contribution >= 4 is 27.0 Å². The predicted molar refractivity (Wildman–Crippen MR) is 88.8 cm³/mol. The zero-order valence-corrected chi connectivity index (χ0v) is 14.7. The van der Waals surface area contributed by atoms with Crippen molar-refractivity contribution in [1.29, 1.82) is 0 Å². The van der Waals surface area contributed by atoms with Crippen molar-refractivity contribution in [3.63, 3.8) is 0 Å². The number of sulfonamides is 1. The second-order valence-corrected chi connectivity index (χ2v) is 8.35. The minimum atomic E-state index is -4.57. The summed E-state index contributed by atoms with van der Waals surface area (Å²) >= 11 is 0.749. The SMILES string of the molecule is Cc1ccc(NS(=O)(=O)c2ccc(-c3cc(C(F)(F)F)[nH]n3)s2)cc1F. The van der Waals surface area contributed by atoms with Crippen LogP contribution in [0.1, 0.15) is 11.3 Å². The predicted octanol–water partition coefficient (Wildman–Crippen LogP) is 4.41. The molecule has 138 valence electrons. The molecule has 0 unspecified atom stereocenters. The number of rotatable bonds is 4. The highest BCUT2D eigenvalue weighted by Gasteiger charge is 2.33. The van der Waals surface area contributed by atoms with Crippen molar-refractivity contribution < 1.29 is 26.0 Å². The standard InChI is InChI=1S/C15H11F4N3O2S2/c1-8-2-3-9(6-10(8)16)22-26(23,24)14-5-4-12(25-14)11-7-13(21-20-11)15(17,18)19/h2-7,22H,1H3,(H,20,21). The number of hydrogen-bond acceptors (Lipinski definition) is 4. The summed E-state index contributed by atoms with van der Waals surface area (Å²) in [5, 5.41) is 5.42. The van der Waals surface area contributed by atoms with Gasteiger partial charge < -0.3 is 0 Å². The molecule has 0 spiro atoms. The van der Waals surface area contributed by atoms with Crippen molar-refractivity contribution in [1.82, 2.24) is 10.2 Å². The fourth-order valence-corrected chi connectivity index (χ4v) is 4.37. The van der Waals surface area contributed by atoms with Gasteiger partial charge in [-0.05, 0) is 42.8 Å². The highest BCUT2D eigenvalue weighted by molar-refractivity contribution is 7.94. The van der Waals surface area contributed by atoms with Crippen LogP contribution in [0, 0.1) is 12.7 Å². The van der Waals surface area contributed by atoms with Crippen LogP contribution in [-0.2, 0) is 16.2 Å². The lowest BCUT2D eigenvalue weighted by molar-refractivity contribution is -0.141. The first-order valence-corrected chi connectivity index (χ1v) is 9.38. The summed E-state index contributed by atoms with van der Waals surface area (Å²) in [5.41, 5.74) is -0.642. The third kappa shape index (κ3) is 3.73. The summed E-state index contributed by atoms with van der Waals surface area (Å²) < 4.78 is 78.2. The Morgan fingerprint density at radius 3 is 2.50 bits per heavy atom. The van der Waals surface area contributed by atoms with Crippen molar-refractivity contribution in [2.45, 2.75) is 17.3 Å². The Balaban J connectivity index is 1.86. The number of hydrogen-bond donors (Lipinski definition) is 2. The van der Waals surface area contributed by atoms with E-state index in [0.29, 0.717) is 5.56 Å². The first kappa shape index (κ1) is 18.4. The van der Waals surface area contributed by atoms with Crippen LogP contribution in [0.5, 0.6) is 0 Å². The van der Waals surface area contributed by atoms with Gasteiger partial charge in [0, 0.05) is 0 Å². The monoisotopic (exact) mass is 405 g/mol. The summed E-state index contributed by atoms with van der Waals surface area (Å²) in [5.74, 6) is -0.562. The number of aromatic nitrogens is 2. The number of thiophene rings is 1. The van der Waals surface area contributed by atoms with Crippen LogP contribution in [0.4, 0.5) is 23.2 Å². The zero-order chi connectivity index (χ0) is 19.1. The Bertz CT molecular complexity index is 1060. The largest absolute Gasteiger partial charge is 0.432 e. The van der Waals surface area contributed by atoms with E-state index in [0.717, 1.165) is 23.5 Å². The van der Waals surface area contributed by atoms with Crippen LogP contribution in [0.15, 0.2) is 40.6 Å². The molecule has 0 radical (unpaired) electrons. The number of benzene rings is 1. The summed E-state index contributed by atoms with van der Waals surface area (Å²) in [4.78, 5) is 0.243. The Morgan fingerprint density at radius 2 is 1.88 bits per heavy atom. The van der Waals surface area contributed by atoms with Gasteiger partial charge >= 0.3 is 6.18 Å². The van der Waals surface area contributed by atoms with Crippen LogP contribution in [0.2, 0.25) is 0 Å². The fraction of sp³-hybridized carbons (Fsp3) is 0.133. The number of aromatic amines is 1. The van der Waals surface area contributed by atoms with Crippen molar-refractivity contribution in [2.75, 3.05) is 4.72 Å². The van der Waals surface area contributed by atoms with E-state index in [1.165, 1.54) is 31.2 Å². The van der Waals surface area contributed by atoms with Crippen LogP contribution >= 0.6 is 11.3 Å². The lowest BCUT2D eigenvalue weighted by Crippen LogP contribution is -2.11. The number of H-pyrrole nitrogens is 1. The average molecular weight is 405 g/mol. The molecule has 0 atom stereocenters. The van der Waals surface area contributed by atoms with Gasteiger partial charge in [-0.15, -0.1) is 11.3 Å². The summed E-state index contributed by atoms with van der Waals surface area (Å²) in [6, 6.07) is 7.28. The Labute approximate surface area is 149 Å². The van der Waals surface area contributed by atoms with Crippen LogP contribution in [-0.4, -0.2) is 18.6 Å². The molecule has 5 nitrogen and oxygen atoms in total. The third-order valence-electron chi connectivity index (χ3n) is 3.41. The normalized spacial score (nSPS) is 12.3. The zero-order valence-electron chi connectivity index (χ0n) is 13.1. The minimum absolute atomic E-state index is 0.0230. The molecule has 26 heavy (non-hydrogen) atoms. The van der Waals surface area contributed by atoms with Crippen molar-refractivity contribution in [3.8, 4) is 10.6 Å². The second kappa shape index (κ2) is 6.40. The highest BCUT2D eigenvalue weighted by Crippen LogP contribution is 2.34. The highest BCUT2D eigenvalue weighted by atomic mass is 32.2. The first-order chi connectivity index (χ1) is 12.1. The maximum Gasteiger partial charge on any atom is 0.432 e. The molecule has 3 aromatic rings. The second-order valence-electron chi connectivity index (χ2n) is 5.35. The van der Waals surface area contributed by atoms with E-state index in [2.05, 4.69) is 9.82 Å². The molecule has 0 fully saturated rings. The maximum atomic E-state index is 13.5. The van der Waals surface area contributed by atoms with E-state index in [1.54, 1.807) is 0 Å². The van der Waals surface area contributed by atoms with Gasteiger partial charge in [-0.25, -0.2) is 12.8 Å². The number of nitrogens with zero attached hydrogens (tertiary/aromatic N) is 1. The van der Waals surface area contributed by atoms with Crippen LogP contribution in [0.3, 0.4) is 0 Å². The molecule has 0 aliphatic carbocycles. The molecule has 2 aromatic heterocycles. The molecule has 0 amide bonds. The number of halogens is 4. The Morgan fingerprint density at radius 1 is 1.15 bits per heavy atom. The van der Waals surface area contributed by atoms with Gasteiger partial charge in [0.25, 0.3) is 10.0 Å². The fourth-order valence-electron chi connectivity index (χ4n) is 2.06. The molecule has 3 rings (SSSR count). The quantitative estimate of drug-likeness (QED) is 0.632. The molecule has 2 N–H and O–H groups in total. The summed E-state index contributed by atoms with van der Waals surface area (Å²) in [6.07, 6.45) is -4.57. The van der Waals surface area contributed by atoms with E-state index in [-0.39, 0.29) is 20.5 Å². The molecule has 2 heterocycles. The van der Waals surface area contributed by atoms with E-state index in [4.69, 9.17) is 0 Å². The first-order valence-electron chi connectivity index (χ1n) is 7.08. The van der Waals surface area contributed by atoms with Crippen molar-refractivity contribution in [2.24, 2.45) is 0 Å². The smallest absolute Gasteiger partial charge is 0.279 e. The molecule has 0 aliphatic heterocycles. The molecule has 0 saturated carbocycles. The molecule has 0 bridgehead atoms. The topological polar surface area (TPSA) is 74.8 Å². The van der Waals surface area contributed by atoms with Gasteiger partial charge in [-0.3, -0.25) is 9.82 Å². The van der Waals surface area contributed by atoms with Gasteiger partial charge in [0.15, 0.2) is 0 Å². The Kier molecular flexibility index (Phi) is 4.53. The minimum Gasteiger partial charge on any atom is -0.279 e. The van der Waals surface area contributed by atoms with Gasteiger partial charge in [0.05, 0.1) is 10.6 Å². The number of alkyl halides is 3. The molecule has 11 heteroatoms. The Hall–Kier alpha value is -2.40. The average Bonchev–Trinajstić information content (AvgIpc) is 3.18. The molecule has 0 saturated heterocycles. The van der Waals surface area contributed by atoms with Crippen molar-refractivity contribution in [3.05, 3.63) is 53.5 Å². The summed E-state index contributed by atoms with van der Waals surface area (Å²) in [7, 11) is -4.01. The van der Waals surface area contributed by atoms with Gasteiger partial charge in [-0.1, -0.05) is 6.07 Å². The van der Waals surface area contributed by atoms with Gasteiger partial charge in [-0.2, -0.15) is 18.3 Å². The van der Waals surface area contributed by atoms with E-state index in [1.807, 2.05) is 5.10 Å². The molecular weight excluding hydrogens is 394 g/mol. The van der Waals surface area contributed by atoms with E-state index >= 15 is 0 Å². The lowest BCUT2D eigenvalue weighted by Gasteiger charge is -2.07. The van der Waals surface area contributed by atoms with E-state index < -0.39 is 27.7 Å². The third-order valence-corrected chi connectivity index (χ3v) is 6.39. The molecule has 0 aliphatic rings. The maximum absolute atomic E-state index is 13.5. The number of nitrogens with one attached hydrogen (secondary N) is 2. The summed E-state index contributed by atoms with van der Waals surface area (Å²) in [6.45, 7) is 1.54. The van der Waals surface area contributed by atoms with Crippen LogP contribution < -0.4 is 4.72 Å². The number of anilines is 1. The van der Waals surface area contributed by atoms with Gasteiger partial charge in [0.2, 0.25) is 0 Å².